The second-order valence-electron chi connectivity index (χ2n) is 2.60. The fraction of sp³-hybridized carbons (Fsp3) is 0.857. The number of ketones is 1. The summed E-state index contributed by atoms with van der Waals surface area (Å²) >= 11 is 0. The predicted molar refractivity (Wildman–Crippen MR) is 34.2 cm³/mol. The second kappa shape index (κ2) is 2.97. The van der Waals surface area contributed by atoms with Crippen molar-refractivity contribution in [3.05, 3.63) is 0 Å². The van der Waals surface area contributed by atoms with Crippen LogP contribution in [0.1, 0.15) is 19.3 Å². The topological polar surface area (TPSA) is 26.3 Å². The normalized spacial score (nSPS) is 27.2. The molecule has 0 saturated heterocycles. The number of hydrogen-bond acceptors (Lipinski definition) is 2. The molecule has 1 atom stereocenters. The zero-order valence-corrected chi connectivity index (χ0v) is 5.72. The van der Waals surface area contributed by atoms with Crippen molar-refractivity contribution in [1.82, 2.24) is 0 Å². The maximum absolute atomic E-state index is 10.7. The molecule has 0 bridgehead atoms. The molecule has 1 fully saturated rings. The van der Waals surface area contributed by atoms with Gasteiger partial charge < -0.3 is 4.74 Å². The third kappa shape index (κ3) is 1.79. The highest BCUT2D eigenvalue weighted by Crippen LogP contribution is 2.21. The maximum atomic E-state index is 10.7. The van der Waals surface area contributed by atoms with E-state index in [0.717, 1.165) is 25.9 Å². The van der Waals surface area contributed by atoms with Gasteiger partial charge in [0.1, 0.15) is 5.78 Å². The van der Waals surface area contributed by atoms with Gasteiger partial charge in [0.2, 0.25) is 0 Å². The Hall–Kier alpha value is -0.370. The van der Waals surface area contributed by atoms with Crippen molar-refractivity contribution in [3.8, 4) is 0 Å². The molecule has 0 aromatic heterocycles. The largest absolute Gasteiger partial charge is 0.384 e. The highest BCUT2D eigenvalue weighted by atomic mass is 16.5. The van der Waals surface area contributed by atoms with Gasteiger partial charge in [-0.25, -0.2) is 0 Å². The number of Topliss-reactive ketones (excluding diaryl/α,β-unsaturated/α-hetero) is 1. The predicted octanol–water partition coefficient (Wildman–Crippen LogP) is 1.00. The smallest absolute Gasteiger partial charge is 0.133 e. The summed E-state index contributed by atoms with van der Waals surface area (Å²) in [5.74, 6) is 0.916. The molecule has 9 heavy (non-hydrogen) atoms. The first kappa shape index (κ1) is 6.75. The van der Waals surface area contributed by atoms with Crippen LogP contribution in [-0.2, 0) is 9.53 Å². The minimum atomic E-state index is 0.400. The molecule has 0 aliphatic heterocycles. The molecule has 0 spiro atoms. The van der Waals surface area contributed by atoms with E-state index >= 15 is 0 Å². The molecule has 0 N–H and O–H groups in total. The number of carbonyl (C=O) groups is 1. The SMILES string of the molecule is COC[C@H]1CCC(=O)C1. The summed E-state index contributed by atoms with van der Waals surface area (Å²) in [7, 11) is 1.68. The number of hydrogen-bond donors (Lipinski definition) is 0. The van der Waals surface area contributed by atoms with Crippen molar-refractivity contribution in [2.45, 2.75) is 19.3 Å². The minimum Gasteiger partial charge on any atom is -0.384 e. The van der Waals surface area contributed by atoms with Crippen molar-refractivity contribution in [1.29, 1.82) is 0 Å². The first-order valence-electron chi connectivity index (χ1n) is 3.33. The zero-order valence-electron chi connectivity index (χ0n) is 5.72. The molecule has 52 valence electrons. The molecule has 0 radical (unpaired) electrons. The standard InChI is InChI=1S/C7H12O2/c1-9-5-6-2-3-7(8)4-6/h6H,2-5H2,1H3/t6-/m0/s1. The average Bonchev–Trinajstić information content (AvgIpc) is 2.17. The maximum Gasteiger partial charge on any atom is 0.133 e. The Kier molecular flexibility index (Phi) is 2.22. The van der Waals surface area contributed by atoms with Crippen LogP contribution in [0.25, 0.3) is 0 Å². The molecular weight excluding hydrogens is 116 g/mol. The van der Waals surface area contributed by atoms with E-state index in [4.69, 9.17) is 4.74 Å². The Morgan fingerprint density at radius 2 is 2.56 bits per heavy atom. The van der Waals surface area contributed by atoms with Crippen LogP contribution in [0.4, 0.5) is 0 Å². The highest BCUT2D eigenvalue weighted by molar-refractivity contribution is 5.80. The monoisotopic (exact) mass is 128 g/mol. The fourth-order valence-electron chi connectivity index (χ4n) is 1.27. The van der Waals surface area contributed by atoms with E-state index in [0.29, 0.717) is 11.7 Å². The second-order valence-corrected chi connectivity index (χ2v) is 2.60. The van der Waals surface area contributed by atoms with Crippen molar-refractivity contribution >= 4 is 5.78 Å². The molecule has 1 aliphatic rings. The molecule has 2 nitrogen and oxygen atoms in total. The number of carbonyl (C=O) groups excluding carboxylic acids is 1. The first-order chi connectivity index (χ1) is 4.33. The Morgan fingerprint density at radius 3 is 3.00 bits per heavy atom. The third-order valence-electron chi connectivity index (χ3n) is 1.75. The average molecular weight is 128 g/mol. The Bertz CT molecular complexity index is 109. The molecule has 0 aromatic rings. The molecule has 1 rings (SSSR count). The van der Waals surface area contributed by atoms with Crippen molar-refractivity contribution < 1.29 is 9.53 Å². The lowest BCUT2D eigenvalue weighted by Crippen LogP contribution is -2.03. The quantitative estimate of drug-likeness (QED) is 0.554. The number of rotatable bonds is 2. The summed E-state index contributed by atoms with van der Waals surface area (Å²) < 4.78 is 4.92. The van der Waals surface area contributed by atoms with Crippen LogP contribution < -0.4 is 0 Å². The number of ether oxygens (including phenoxy) is 1. The summed E-state index contributed by atoms with van der Waals surface area (Å²) in [5.41, 5.74) is 0. The number of methoxy groups -OCH3 is 1. The van der Waals surface area contributed by atoms with E-state index in [2.05, 4.69) is 0 Å². The zero-order chi connectivity index (χ0) is 6.69. The van der Waals surface area contributed by atoms with Gasteiger partial charge >= 0.3 is 0 Å². The summed E-state index contributed by atoms with van der Waals surface area (Å²) in [6.07, 6.45) is 2.55. The van der Waals surface area contributed by atoms with Gasteiger partial charge in [-0.2, -0.15) is 0 Å². The third-order valence-corrected chi connectivity index (χ3v) is 1.75. The molecule has 1 saturated carbocycles. The van der Waals surface area contributed by atoms with Crippen LogP contribution in [0.3, 0.4) is 0 Å². The van der Waals surface area contributed by atoms with Gasteiger partial charge in [0.15, 0.2) is 0 Å². The molecular formula is C7H12O2. The van der Waals surface area contributed by atoms with Gasteiger partial charge in [-0.3, -0.25) is 4.79 Å². The van der Waals surface area contributed by atoms with E-state index < -0.39 is 0 Å². The van der Waals surface area contributed by atoms with Crippen LogP contribution >= 0.6 is 0 Å². The molecule has 0 unspecified atom stereocenters. The molecule has 0 aromatic carbocycles. The molecule has 0 heterocycles. The van der Waals surface area contributed by atoms with Gasteiger partial charge in [-0.15, -0.1) is 0 Å². The van der Waals surface area contributed by atoms with E-state index in [1.165, 1.54) is 0 Å². The van der Waals surface area contributed by atoms with Crippen LogP contribution in [0.2, 0.25) is 0 Å². The van der Waals surface area contributed by atoms with Gasteiger partial charge in [-0.1, -0.05) is 0 Å². The van der Waals surface area contributed by atoms with E-state index in [-0.39, 0.29) is 0 Å². The van der Waals surface area contributed by atoms with Gasteiger partial charge in [0, 0.05) is 26.6 Å². The summed E-state index contributed by atoms with van der Waals surface area (Å²) in [6, 6.07) is 0. The van der Waals surface area contributed by atoms with Crippen molar-refractivity contribution in [2.75, 3.05) is 13.7 Å². The molecule has 0 amide bonds. The van der Waals surface area contributed by atoms with Crippen molar-refractivity contribution in [3.63, 3.8) is 0 Å². The Morgan fingerprint density at radius 1 is 1.78 bits per heavy atom. The summed E-state index contributed by atoms with van der Waals surface area (Å²) in [4.78, 5) is 10.7. The van der Waals surface area contributed by atoms with E-state index in [9.17, 15) is 4.79 Å². The fourth-order valence-corrected chi connectivity index (χ4v) is 1.27. The van der Waals surface area contributed by atoms with Gasteiger partial charge in [-0.05, 0) is 12.3 Å². The van der Waals surface area contributed by atoms with Crippen LogP contribution in [0.5, 0.6) is 0 Å². The Labute approximate surface area is 55.2 Å². The van der Waals surface area contributed by atoms with Crippen LogP contribution in [0, 0.1) is 5.92 Å². The summed E-state index contributed by atoms with van der Waals surface area (Å²) in [5, 5.41) is 0. The first-order valence-corrected chi connectivity index (χ1v) is 3.33. The lowest BCUT2D eigenvalue weighted by Gasteiger charge is -2.03. The van der Waals surface area contributed by atoms with Gasteiger partial charge in [0.05, 0.1) is 0 Å². The summed E-state index contributed by atoms with van der Waals surface area (Å²) in [6.45, 7) is 0.756. The lowest BCUT2D eigenvalue weighted by molar-refractivity contribution is -0.117. The minimum absolute atomic E-state index is 0.400. The van der Waals surface area contributed by atoms with E-state index in [1.807, 2.05) is 0 Å². The lowest BCUT2D eigenvalue weighted by atomic mass is 10.1. The van der Waals surface area contributed by atoms with Crippen molar-refractivity contribution in [2.24, 2.45) is 5.92 Å². The van der Waals surface area contributed by atoms with Crippen LogP contribution in [-0.4, -0.2) is 19.5 Å². The highest BCUT2D eigenvalue weighted by Gasteiger charge is 2.21. The van der Waals surface area contributed by atoms with Gasteiger partial charge in [0.25, 0.3) is 0 Å². The Balaban J connectivity index is 2.22. The molecule has 1 aliphatic carbocycles. The van der Waals surface area contributed by atoms with Crippen LogP contribution in [0.15, 0.2) is 0 Å². The molecule has 2 heteroatoms. The van der Waals surface area contributed by atoms with E-state index in [1.54, 1.807) is 7.11 Å².